The number of carbonyl (C=O) groups excluding carboxylic acids is 1. The molecule has 2 aromatic carbocycles. The molecule has 1 aromatic heterocycles. The molecule has 132 valence electrons. The van der Waals surface area contributed by atoms with Gasteiger partial charge < -0.3 is 10.6 Å². The van der Waals surface area contributed by atoms with Gasteiger partial charge in [-0.3, -0.25) is 4.79 Å². The molecule has 1 heterocycles. The molecule has 0 saturated carbocycles. The summed E-state index contributed by atoms with van der Waals surface area (Å²) in [7, 11) is 0. The molecular weight excluding hydrogens is 353 g/mol. The Bertz CT molecular complexity index is 865. The molecule has 0 aliphatic carbocycles. The Morgan fingerprint density at radius 3 is 2.23 bits per heavy atom. The standard InChI is InChI=1S/C20H17ClFN3O/c21-16-5-1-14(2-6-16)12-25-20(26)19-10-9-18(13-24-19)23-11-15-3-7-17(22)8-4-15/h1-10,13,23H,11-12H2,(H,25,26). The smallest absolute Gasteiger partial charge is 0.270 e. The number of amides is 1. The zero-order valence-electron chi connectivity index (χ0n) is 13.9. The molecule has 1 amide bonds. The molecule has 6 heteroatoms. The second-order valence-corrected chi connectivity index (χ2v) is 6.16. The normalized spacial score (nSPS) is 10.4. The lowest BCUT2D eigenvalue weighted by Gasteiger charge is -2.08. The highest BCUT2D eigenvalue weighted by atomic mass is 35.5. The number of hydrogen-bond acceptors (Lipinski definition) is 3. The third kappa shape index (κ3) is 5.04. The van der Waals surface area contributed by atoms with Crippen LogP contribution < -0.4 is 10.6 Å². The summed E-state index contributed by atoms with van der Waals surface area (Å²) in [5.41, 5.74) is 3.03. The van der Waals surface area contributed by atoms with E-state index in [0.717, 1.165) is 16.8 Å². The molecule has 0 unspecified atom stereocenters. The minimum Gasteiger partial charge on any atom is -0.380 e. The number of pyridine rings is 1. The van der Waals surface area contributed by atoms with Crippen LogP contribution in [0, 0.1) is 5.82 Å². The molecule has 0 aliphatic heterocycles. The zero-order chi connectivity index (χ0) is 18.4. The van der Waals surface area contributed by atoms with Crippen molar-refractivity contribution in [2.45, 2.75) is 13.1 Å². The van der Waals surface area contributed by atoms with E-state index in [4.69, 9.17) is 11.6 Å². The molecule has 0 spiro atoms. The fourth-order valence-electron chi connectivity index (χ4n) is 2.31. The van der Waals surface area contributed by atoms with E-state index in [-0.39, 0.29) is 11.7 Å². The van der Waals surface area contributed by atoms with Crippen molar-refractivity contribution in [1.29, 1.82) is 0 Å². The molecule has 0 radical (unpaired) electrons. The van der Waals surface area contributed by atoms with E-state index in [0.29, 0.717) is 23.8 Å². The Balaban J connectivity index is 1.52. The van der Waals surface area contributed by atoms with Crippen LogP contribution >= 0.6 is 11.6 Å². The lowest BCUT2D eigenvalue weighted by molar-refractivity contribution is 0.0946. The highest BCUT2D eigenvalue weighted by molar-refractivity contribution is 6.30. The van der Waals surface area contributed by atoms with Gasteiger partial charge in [-0.15, -0.1) is 0 Å². The Hall–Kier alpha value is -2.92. The number of nitrogens with zero attached hydrogens (tertiary/aromatic N) is 1. The maximum Gasteiger partial charge on any atom is 0.270 e. The summed E-state index contributed by atoms with van der Waals surface area (Å²) in [6, 6.07) is 17.0. The maximum absolute atomic E-state index is 12.9. The highest BCUT2D eigenvalue weighted by Crippen LogP contribution is 2.11. The SMILES string of the molecule is O=C(NCc1ccc(Cl)cc1)c1ccc(NCc2ccc(F)cc2)cn1. The fourth-order valence-corrected chi connectivity index (χ4v) is 2.44. The topological polar surface area (TPSA) is 54.0 Å². The molecule has 4 nitrogen and oxygen atoms in total. The summed E-state index contributed by atoms with van der Waals surface area (Å²) in [5, 5.41) is 6.66. The van der Waals surface area contributed by atoms with Gasteiger partial charge in [-0.25, -0.2) is 9.37 Å². The van der Waals surface area contributed by atoms with E-state index < -0.39 is 0 Å². The Morgan fingerprint density at radius 1 is 0.923 bits per heavy atom. The van der Waals surface area contributed by atoms with Crippen LogP contribution in [0.3, 0.4) is 0 Å². The van der Waals surface area contributed by atoms with Crippen LogP contribution in [0.2, 0.25) is 5.02 Å². The third-order valence-corrected chi connectivity index (χ3v) is 4.02. The number of nitrogens with one attached hydrogen (secondary N) is 2. The van der Waals surface area contributed by atoms with E-state index in [1.54, 1.807) is 42.6 Å². The van der Waals surface area contributed by atoms with Crippen molar-refractivity contribution in [3.05, 3.63) is 94.5 Å². The van der Waals surface area contributed by atoms with Crippen LogP contribution in [0.1, 0.15) is 21.6 Å². The lowest BCUT2D eigenvalue weighted by atomic mass is 10.2. The Kier molecular flexibility index (Phi) is 5.81. The van der Waals surface area contributed by atoms with Gasteiger partial charge in [0.2, 0.25) is 0 Å². The van der Waals surface area contributed by atoms with Crippen molar-refractivity contribution < 1.29 is 9.18 Å². The van der Waals surface area contributed by atoms with Crippen LogP contribution in [0.25, 0.3) is 0 Å². The van der Waals surface area contributed by atoms with Gasteiger partial charge in [0.05, 0.1) is 11.9 Å². The largest absolute Gasteiger partial charge is 0.380 e. The average Bonchev–Trinajstić information content (AvgIpc) is 2.67. The summed E-state index contributed by atoms with van der Waals surface area (Å²) in [5.74, 6) is -0.505. The predicted molar refractivity (Wildman–Crippen MR) is 101 cm³/mol. The number of hydrogen-bond donors (Lipinski definition) is 2. The van der Waals surface area contributed by atoms with Crippen molar-refractivity contribution in [2.75, 3.05) is 5.32 Å². The summed E-state index contributed by atoms with van der Waals surface area (Å²) >= 11 is 5.84. The second kappa shape index (κ2) is 8.45. The van der Waals surface area contributed by atoms with E-state index in [9.17, 15) is 9.18 Å². The van der Waals surface area contributed by atoms with Gasteiger partial charge in [-0.2, -0.15) is 0 Å². The Labute approximate surface area is 156 Å². The zero-order valence-corrected chi connectivity index (χ0v) is 14.6. The summed E-state index contributed by atoms with van der Waals surface area (Å²) in [4.78, 5) is 16.3. The number of aromatic nitrogens is 1. The molecule has 0 atom stereocenters. The third-order valence-electron chi connectivity index (χ3n) is 3.77. The number of halogens is 2. The second-order valence-electron chi connectivity index (χ2n) is 5.72. The average molecular weight is 370 g/mol. The van der Waals surface area contributed by atoms with Crippen LogP contribution in [-0.4, -0.2) is 10.9 Å². The minimum absolute atomic E-state index is 0.245. The van der Waals surface area contributed by atoms with Crippen molar-refractivity contribution in [3.63, 3.8) is 0 Å². The molecule has 26 heavy (non-hydrogen) atoms. The minimum atomic E-state index is -0.260. The molecule has 3 aromatic rings. The molecule has 0 fully saturated rings. The first-order valence-electron chi connectivity index (χ1n) is 8.07. The van der Waals surface area contributed by atoms with Gasteiger partial charge in [0.15, 0.2) is 0 Å². The molecule has 3 rings (SSSR count). The van der Waals surface area contributed by atoms with Crippen molar-refractivity contribution in [2.24, 2.45) is 0 Å². The van der Waals surface area contributed by atoms with Gasteiger partial charge in [0.25, 0.3) is 5.91 Å². The first-order chi connectivity index (χ1) is 12.6. The summed E-state index contributed by atoms with van der Waals surface area (Å²) < 4.78 is 12.9. The van der Waals surface area contributed by atoms with Gasteiger partial charge in [-0.1, -0.05) is 35.9 Å². The van der Waals surface area contributed by atoms with Gasteiger partial charge >= 0.3 is 0 Å². The molecule has 0 saturated heterocycles. The van der Waals surface area contributed by atoms with E-state index >= 15 is 0 Å². The van der Waals surface area contributed by atoms with E-state index in [2.05, 4.69) is 15.6 Å². The van der Waals surface area contributed by atoms with Crippen molar-refractivity contribution in [1.82, 2.24) is 10.3 Å². The predicted octanol–water partition coefficient (Wildman–Crippen LogP) is 4.42. The van der Waals surface area contributed by atoms with Crippen molar-refractivity contribution in [3.8, 4) is 0 Å². The van der Waals surface area contributed by atoms with E-state index in [1.807, 2.05) is 12.1 Å². The number of rotatable bonds is 6. The number of anilines is 1. The monoisotopic (exact) mass is 369 g/mol. The van der Waals surface area contributed by atoms with E-state index in [1.165, 1.54) is 12.1 Å². The quantitative estimate of drug-likeness (QED) is 0.676. The number of carbonyl (C=O) groups is 1. The highest BCUT2D eigenvalue weighted by Gasteiger charge is 2.07. The van der Waals surface area contributed by atoms with Gasteiger partial charge in [-0.05, 0) is 47.5 Å². The fraction of sp³-hybridized carbons (Fsp3) is 0.100. The summed E-state index contributed by atoms with van der Waals surface area (Å²) in [6.45, 7) is 0.951. The lowest BCUT2D eigenvalue weighted by Crippen LogP contribution is -2.23. The first-order valence-corrected chi connectivity index (χ1v) is 8.45. The van der Waals surface area contributed by atoms with Crippen LogP contribution in [0.5, 0.6) is 0 Å². The number of benzene rings is 2. The molecule has 2 N–H and O–H groups in total. The summed E-state index contributed by atoms with van der Waals surface area (Å²) in [6.07, 6.45) is 1.60. The van der Waals surface area contributed by atoms with Crippen LogP contribution in [0.15, 0.2) is 66.9 Å². The molecule has 0 aliphatic rings. The van der Waals surface area contributed by atoms with Crippen LogP contribution in [0.4, 0.5) is 10.1 Å². The molecule has 0 bridgehead atoms. The Morgan fingerprint density at radius 2 is 1.58 bits per heavy atom. The van der Waals surface area contributed by atoms with Crippen molar-refractivity contribution >= 4 is 23.2 Å². The van der Waals surface area contributed by atoms with Gasteiger partial charge in [0.1, 0.15) is 11.5 Å². The first kappa shape index (κ1) is 17.9. The molecular formula is C20H17ClFN3O. The van der Waals surface area contributed by atoms with Crippen LogP contribution in [-0.2, 0) is 13.1 Å². The van der Waals surface area contributed by atoms with Gasteiger partial charge in [0, 0.05) is 18.1 Å². The maximum atomic E-state index is 12.9.